The standard InChI is InChI=1S/C13H17N3OS/c1-9-8-18-13(16-9)7-15-6-10-3-4-11(17-2)5-12(10)14/h3-5,8,15H,6-7,14H2,1-2H3. The zero-order chi connectivity index (χ0) is 13.0. The van der Waals surface area contributed by atoms with Crippen molar-refractivity contribution >= 4 is 17.0 Å². The second-order valence-corrected chi connectivity index (χ2v) is 4.99. The highest BCUT2D eigenvalue weighted by Gasteiger charge is 2.02. The minimum absolute atomic E-state index is 0.731. The van der Waals surface area contributed by atoms with Crippen LogP contribution in [0.2, 0.25) is 0 Å². The van der Waals surface area contributed by atoms with Crippen molar-refractivity contribution in [2.45, 2.75) is 20.0 Å². The highest BCUT2D eigenvalue weighted by atomic mass is 32.1. The fourth-order valence-electron chi connectivity index (χ4n) is 1.65. The third-order valence-electron chi connectivity index (χ3n) is 2.61. The second-order valence-electron chi connectivity index (χ2n) is 4.05. The second kappa shape index (κ2) is 5.84. The summed E-state index contributed by atoms with van der Waals surface area (Å²) < 4.78 is 5.12. The first-order valence-electron chi connectivity index (χ1n) is 5.73. The number of hydrogen-bond donors (Lipinski definition) is 2. The van der Waals surface area contributed by atoms with Gasteiger partial charge in [0, 0.05) is 35.9 Å². The fourth-order valence-corrected chi connectivity index (χ4v) is 2.39. The third kappa shape index (κ3) is 3.21. The number of nitrogens with one attached hydrogen (secondary N) is 1. The molecule has 0 fully saturated rings. The van der Waals surface area contributed by atoms with E-state index in [2.05, 4.69) is 15.7 Å². The van der Waals surface area contributed by atoms with E-state index in [0.29, 0.717) is 0 Å². The van der Waals surface area contributed by atoms with Gasteiger partial charge < -0.3 is 15.8 Å². The molecule has 96 valence electrons. The first-order valence-corrected chi connectivity index (χ1v) is 6.61. The minimum Gasteiger partial charge on any atom is -0.497 e. The highest BCUT2D eigenvalue weighted by Crippen LogP contribution is 2.19. The molecule has 4 nitrogen and oxygen atoms in total. The van der Waals surface area contributed by atoms with Crippen LogP contribution >= 0.6 is 11.3 Å². The van der Waals surface area contributed by atoms with Crippen LogP contribution in [0.1, 0.15) is 16.3 Å². The normalized spacial score (nSPS) is 10.6. The van der Waals surface area contributed by atoms with Gasteiger partial charge in [-0.05, 0) is 18.6 Å². The molecule has 0 saturated heterocycles. The number of nitrogens with zero attached hydrogens (tertiary/aromatic N) is 1. The van der Waals surface area contributed by atoms with Crippen LogP contribution in [-0.4, -0.2) is 12.1 Å². The van der Waals surface area contributed by atoms with Crippen LogP contribution in [0, 0.1) is 6.92 Å². The van der Waals surface area contributed by atoms with Gasteiger partial charge in [0.2, 0.25) is 0 Å². The summed E-state index contributed by atoms with van der Waals surface area (Å²) in [5.41, 5.74) is 8.84. The van der Waals surface area contributed by atoms with Gasteiger partial charge >= 0.3 is 0 Å². The average molecular weight is 263 g/mol. The lowest BCUT2D eigenvalue weighted by Crippen LogP contribution is -2.13. The Morgan fingerprint density at radius 1 is 1.39 bits per heavy atom. The molecule has 1 aromatic heterocycles. The summed E-state index contributed by atoms with van der Waals surface area (Å²) in [5.74, 6) is 0.784. The summed E-state index contributed by atoms with van der Waals surface area (Å²) in [7, 11) is 1.64. The topological polar surface area (TPSA) is 60.2 Å². The maximum Gasteiger partial charge on any atom is 0.120 e. The summed E-state index contributed by atoms with van der Waals surface area (Å²) >= 11 is 1.67. The molecule has 0 aliphatic heterocycles. The van der Waals surface area contributed by atoms with E-state index in [-0.39, 0.29) is 0 Å². The van der Waals surface area contributed by atoms with Crippen LogP contribution in [0.15, 0.2) is 23.6 Å². The van der Waals surface area contributed by atoms with Gasteiger partial charge in [0.25, 0.3) is 0 Å². The lowest BCUT2D eigenvalue weighted by atomic mass is 10.1. The van der Waals surface area contributed by atoms with Gasteiger partial charge in [-0.2, -0.15) is 0 Å². The molecule has 0 spiro atoms. The Hall–Kier alpha value is -1.59. The van der Waals surface area contributed by atoms with Crippen LogP contribution in [-0.2, 0) is 13.1 Å². The number of rotatable bonds is 5. The van der Waals surface area contributed by atoms with Crippen molar-refractivity contribution in [1.29, 1.82) is 0 Å². The lowest BCUT2D eigenvalue weighted by molar-refractivity contribution is 0.415. The third-order valence-corrected chi connectivity index (χ3v) is 3.58. The van der Waals surface area contributed by atoms with E-state index in [1.165, 1.54) is 0 Å². The number of anilines is 1. The number of nitrogen functional groups attached to an aromatic ring is 1. The largest absolute Gasteiger partial charge is 0.497 e. The molecule has 0 aliphatic carbocycles. The molecule has 2 rings (SSSR count). The van der Waals surface area contributed by atoms with Gasteiger partial charge in [0.15, 0.2) is 0 Å². The van der Waals surface area contributed by atoms with Crippen molar-refractivity contribution in [2.75, 3.05) is 12.8 Å². The molecule has 5 heteroatoms. The Labute approximate surface area is 111 Å². The molecule has 0 amide bonds. The van der Waals surface area contributed by atoms with Gasteiger partial charge in [0.1, 0.15) is 10.8 Å². The summed E-state index contributed by atoms with van der Waals surface area (Å²) in [5, 5.41) is 6.49. The zero-order valence-corrected chi connectivity index (χ0v) is 11.4. The van der Waals surface area contributed by atoms with E-state index in [9.17, 15) is 0 Å². The Morgan fingerprint density at radius 2 is 2.22 bits per heavy atom. The van der Waals surface area contributed by atoms with E-state index in [4.69, 9.17) is 10.5 Å². The number of methoxy groups -OCH3 is 1. The van der Waals surface area contributed by atoms with Crippen molar-refractivity contribution in [2.24, 2.45) is 0 Å². The van der Waals surface area contributed by atoms with E-state index in [1.54, 1.807) is 18.4 Å². The molecular weight excluding hydrogens is 246 g/mol. The summed E-state index contributed by atoms with van der Waals surface area (Å²) in [4.78, 5) is 4.40. The molecule has 0 bridgehead atoms. The van der Waals surface area contributed by atoms with Crippen LogP contribution in [0.4, 0.5) is 5.69 Å². The van der Waals surface area contributed by atoms with Crippen LogP contribution in [0.3, 0.4) is 0 Å². The molecule has 0 radical (unpaired) electrons. The maximum absolute atomic E-state index is 5.95. The molecule has 3 N–H and O–H groups in total. The van der Waals surface area contributed by atoms with Crippen molar-refractivity contribution in [3.63, 3.8) is 0 Å². The maximum atomic E-state index is 5.95. The van der Waals surface area contributed by atoms with E-state index < -0.39 is 0 Å². The first-order chi connectivity index (χ1) is 8.69. The fraction of sp³-hybridized carbons (Fsp3) is 0.308. The monoisotopic (exact) mass is 263 g/mol. The van der Waals surface area contributed by atoms with Gasteiger partial charge in [-0.25, -0.2) is 4.98 Å². The Bertz CT molecular complexity index is 525. The van der Waals surface area contributed by atoms with E-state index in [1.807, 2.05) is 25.1 Å². The molecule has 2 aromatic rings. The SMILES string of the molecule is COc1ccc(CNCc2nc(C)cs2)c(N)c1. The number of aryl methyl sites for hydroxylation is 1. The van der Waals surface area contributed by atoms with Gasteiger partial charge in [-0.1, -0.05) is 6.07 Å². The lowest BCUT2D eigenvalue weighted by Gasteiger charge is -2.08. The van der Waals surface area contributed by atoms with Gasteiger partial charge in [-0.15, -0.1) is 11.3 Å². The van der Waals surface area contributed by atoms with Gasteiger partial charge in [-0.3, -0.25) is 0 Å². The Morgan fingerprint density at radius 3 is 2.83 bits per heavy atom. The predicted octanol–water partition coefficient (Wildman–Crippen LogP) is 2.33. The number of ether oxygens (including phenoxy) is 1. The van der Waals surface area contributed by atoms with E-state index >= 15 is 0 Å². The molecular formula is C13H17N3OS. The summed E-state index contributed by atoms with van der Waals surface area (Å²) in [6.45, 7) is 3.50. The Balaban J connectivity index is 1.90. The van der Waals surface area contributed by atoms with Crippen LogP contribution in [0.25, 0.3) is 0 Å². The van der Waals surface area contributed by atoms with Gasteiger partial charge in [0.05, 0.1) is 7.11 Å². The summed E-state index contributed by atoms with van der Waals surface area (Å²) in [6, 6.07) is 5.74. The zero-order valence-electron chi connectivity index (χ0n) is 10.6. The molecule has 1 aromatic carbocycles. The molecule has 1 heterocycles. The molecule has 0 unspecified atom stereocenters. The minimum atomic E-state index is 0.731. The quantitative estimate of drug-likeness (QED) is 0.813. The molecule has 0 atom stereocenters. The first kappa shape index (κ1) is 12.9. The average Bonchev–Trinajstić information content (AvgIpc) is 2.77. The number of hydrogen-bond acceptors (Lipinski definition) is 5. The van der Waals surface area contributed by atoms with Crippen LogP contribution < -0.4 is 15.8 Å². The number of aromatic nitrogens is 1. The molecule has 18 heavy (non-hydrogen) atoms. The molecule has 0 aliphatic rings. The van der Waals surface area contributed by atoms with Crippen LogP contribution in [0.5, 0.6) is 5.75 Å². The van der Waals surface area contributed by atoms with E-state index in [0.717, 1.165) is 40.8 Å². The molecule has 0 saturated carbocycles. The van der Waals surface area contributed by atoms with Crippen molar-refractivity contribution in [3.8, 4) is 5.75 Å². The van der Waals surface area contributed by atoms with Crippen molar-refractivity contribution in [1.82, 2.24) is 10.3 Å². The predicted molar refractivity (Wildman–Crippen MR) is 74.8 cm³/mol. The Kier molecular flexibility index (Phi) is 4.17. The van der Waals surface area contributed by atoms with Crippen molar-refractivity contribution in [3.05, 3.63) is 39.8 Å². The number of benzene rings is 1. The number of nitrogens with two attached hydrogens (primary N) is 1. The highest BCUT2D eigenvalue weighted by molar-refractivity contribution is 7.09. The summed E-state index contributed by atoms with van der Waals surface area (Å²) in [6.07, 6.45) is 0. The smallest absolute Gasteiger partial charge is 0.120 e. The van der Waals surface area contributed by atoms with Crippen molar-refractivity contribution < 1.29 is 4.74 Å². The number of thiazole rings is 1.